The van der Waals surface area contributed by atoms with E-state index in [1.54, 1.807) is 17.8 Å². The van der Waals surface area contributed by atoms with Crippen LogP contribution in [0.4, 0.5) is 28.4 Å². The zero-order chi connectivity index (χ0) is 31.9. The molecule has 1 heterocycles. The Balaban J connectivity index is 1.33. The minimum Gasteiger partial charge on any atom is -0.477 e. The van der Waals surface area contributed by atoms with Gasteiger partial charge in [-0.2, -0.15) is 5.26 Å². The highest BCUT2D eigenvalue weighted by molar-refractivity contribution is 7.99. The third kappa shape index (κ3) is 6.71. The Kier molecular flexibility index (Phi) is 9.52. The largest absolute Gasteiger partial charge is 0.477 e. The van der Waals surface area contributed by atoms with Crippen LogP contribution in [0.15, 0.2) is 137 Å². The number of unbranched alkanes of at least 4 members (excludes halogenated alkanes) is 3. The summed E-state index contributed by atoms with van der Waals surface area (Å²) in [5.74, 6) is -1.22. The molecule has 0 unspecified atom stereocenters. The standard InChI is InChI=1S/C40H35N3O2S/c1-2-3-4-11-24-42-36-22-16-29(25-32(28-41)40(44)45)26-38(36)46-39-27-31(19-23-37(39)42)30-17-20-35(21-18-30)43(33-12-7-5-8-13-33)34-14-9-6-10-15-34/h5-10,12-23,25-27H,2-4,11,24H2,1H3,(H,44,45). The van der Waals surface area contributed by atoms with Crippen LogP contribution in [-0.4, -0.2) is 17.6 Å². The van der Waals surface area contributed by atoms with Gasteiger partial charge < -0.3 is 14.9 Å². The molecule has 0 atom stereocenters. The van der Waals surface area contributed by atoms with Crippen LogP contribution in [0.2, 0.25) is 0 Å². The minimum atomic E-state index is -1.22. The number of nitrogens with zero attached hydrogens (tertiary/aromatic N) is 3. The number of rotatable bonds is 11. The molecule has 46 heavy (non-hydrogen) atoms. The van der Waals surface area contributed by atoms with Crippen molar-refractivity contribution in [3.8, 4) is 17.2 Å². The van der Waals surface area contributed by atoms with Crippen LogP contribution in [0, 0.1) is 11.3 Å². The topological polar surface area (TPSA) is 67.6 Å². The number of aliphatic carboxylic acids is 1. The van der Waals surface area contributed by atoms with Crippen LogP contribution in [-0.2, 0) is 4.79 Å². The predicted octanol–water partition coefficient (Wildman–Crippen LogP) is 11.0. The number of carboxylic acids is 1. The maximum Gasteiger partial charge on any atom is 0.346 e. The molecule has 5 nitrogen and oxygen atoms in total. The molecule has 0 aromatic heterocycles. The van der Waals surface area contributed by atoms with Gasteiger partial charge >= 0.3 is 5.97 Å². The number of nitriles is 1. The molecule has 1 N–H and O–H groups in total. The molecule has 0 radical (unpaired) electrons. The van der Waals surface area contributed by atoms with Gasteiger partial charge in [0.2, 0.25) is 0 Å². The van der Waals surface area contributed by atoms with Gasteiger partial charge in [-0.3, -0.25) is 0 Å². The SMILES string of the molecule is CCCCCCN1c2ccc(C=C(C#N)C(=O)O)cc2Sc2cc(-c3ccc(N(c4ccccc4)c4ccccc4)cc3)ccc21. The highest BCUT2D eigenvalue weighted by atomic mass is 32.2. The van der Waals surface area contributed by atoms with Crippen molar-refractivity contribution in [3.63, 3.8) is 0 Å². The van der Waals surface area contributed by atoms with E-state index in [9.17, 15) is 15.2 Å². The Morgan fingerprint density at radius 2 is 1.35 bits per heavy atom. The average Bonchev–Trinajstić information content (AvgIpc) is 3.09. The molecule has 0 fully saturated rings. The second-order valence-corrected chi connectivity index (χ2v) is 12.3. The highest BCUT2D eigenvalue weighted by Gasteiger charge is 2.24. The summed E-state index contributed by atoms with van der Waals surface area (Å²) in [6, 6.07) is 43.9. The fraction of sp³-hybridized carbons (Fsp3) is 0.150. The molecule has 1 aliphatic rings. The van der Waals surface area contributed by atoms with Gasteiger partial charge in [-0.25, -0.2) is 4.79 Å². The number of fused-ring (bicyclic) bond motifs is 2. The fourth-order valence-corrected chi connectivity index (χ4v) is 7.01. The molecule has 5 aromatic carbocycles. The first-order valence-corrected chi connectivity index (χ1v) is 16.5. The zero-order valence-corrected chi connectivity index (χ0v) is 26.6. The zero-order valence-electron chi connectivity index (χ0n) is 25.8. The van der Waals surface area contributed by atoms with Gasteiger partial charge in [0.15, 0.2) is 0 Å². The Labute approximate surface area is 275 Å². The number of hydrogen-bond donors (Lipinski definition) is 1. The van der Waals surface area contributed by atoms with E-state index in [0.717, 1.165) is 56.6 Å². The fourth-order valence-electron chi connectivity index (χ4n) is 5.82. The van der Waals surface area contributed by atoms with Gasteiger partial charge in [0.25, 0.3) is 0 Å². The van der Waals surface area contributed by atoms with Crippen molar-refractivity contribution in [2.24, 2.45) is 0 Å². The Bertz CT molecular complexity index is 1860. The lowest BCUT2D eigenvalue weighted by Gasteiger charge is -2.33. The molecular weight excluding hydrogens is 587 g/mol. The first-order valence-electron chi connectivity index (χ1n) is 15.6. The van der Waals surface area contributed by atoms with Crippen molar-refractivity contribution in [2.75, 3.05) is 16.3 Å². The lowest BCUT2D eigenvalue weighted by Crippen LogP contribution is -2.22. The van der Waals surface area contributed by atoms with E-state index in [1.165, 1.54) is 31.0 Å². The van der Waals surface area contributed by atoms with Crippen LogP contribution in [0.5, 0.6) is 0 Å². The number of carbonyl (C=O) groups is 1. The smallest absolute Gasteiger partial charge is 0.346 e. The van der Waals surface area contributed by atoms with Crippen LogP contribution in [0.3, 0.4) is 0 Å². The number of carboxylic acid groups (broad SMARTS) is 1. The lowest BCUT2D eigenvalue weighted by molar-refractivity contribution is -0.132. The molecule has 0 bridgehead atoms. The maximum absolute atomic E-state index is 11.5. The van der Waals surface area contributed by atoms with Crippen molar-refractivity contribution in [1.82, 2.24) is 0 Å². The van der Waals surface area contributed by atoms with Gasteiger partial charge in [-0.15, -0.1) is 0 Å². The number of hydrogen-bond acceptors (Lipinski definition) is 5. The summed E-state index contributed by atoms with van der Waals surface area (Å²) in [6.45, 7) is 3.12. The van der Waals surface area contributed by atoms with Crippen molar-refractivity contribution in [1.29, 1.82) is 5.26 Å². The van der Waals surface area contributed by atoms with E-state index >= 15 is 0 Å². The van der Waals surface area contributed by atoms with Gasteiger partial charge in [-0.05, 0) is 89.9 Å². The maximum atomic E-state index is 11.5. The number of anilines is 5. The number of benzene rings is 5. The summed E-state index contributed by atoms with van der Waals surface area (Å²) in [6.07, 6.45) is 6.08. The molecule has 0 spiro atoms. The predicted molar refractivity (Wildman–Crippen MR) is 189 cm³/mol. The molecule has 228 valence electrons. The molecule has 1 aliphatic heterocycles. The molecule has 5 aromatic rings. The van der Waals surface area contributed by atoms with E-state index in [-0.39, 0.29) is 5.57 Å². The molecule has 6 heteroatoms. The third-order valence-electron chi connectivity index (χ3n) is 8.13. The summed E-state index contributed by atoms with van der Waals surface area (Å²) in [7, 11) is 0. The van der Waals surface area contributed by atoms with Gasteiger partial charge in [0.1, 0.15) is 11.6 Å². The van der Waals surface area contributed by atoms with E-state index in [0.29, 0.717) is 5.56 Å². The summed E-state index contributed by atoms with van der Waals surface area (Å²) in [5, 5.41) is 18.7. The molecular formula is C40H35N3O2S. The van der Waals surface area contributed by atoms with Crippen molar-refractivity contribution < 1.29 is 9.90 Å². The van der Waals surface area contributed by atoms with Crippen molar-refractivity contribution in [2.45, 2.75) is 42.4 Å². The van der Waals surface area contributed by atoms with E-state index in [1.807, 2.05) is 30.3 Å². The number of para-hydroxylation sites is 2. The Morgan fingerprint density at radius 1 is 0.761 bits per heavy atom. The average molecular weight is 622 g/mol. The molecule has 0 saturated carbocycles. The van der Waals surface area contributed by atoms with E-state index < -0.39 is 5.97 Å². The van der Waals surface area contributed by atoms with Gasteiger partial charge in [0, 0.05) is 33.4 Å². The quantitative estimate of drug-likeness (QED) is 0.0899. The molecule has 0 amide bonds. The molecule has 6 rings (SSSR count). The summed E-state index contributed by atoms with van der Waals surface area (Å²) < 4.78 is 0. The van der Waals surface area contributed by atoms with E-state index in [2.05, 4.69) is 108 Å². The van der Waals surface area contributed by atoms with Crippen molar-refractivity contribution in [3.05, 3.63) is 132 Å². The summed E-state index contributed by atoms with van der Waals surface area (Å²) >= 11 is 1.69. The van der Waals surface area contributed by atoms with Crippen molar-refractivity contribution >= 4 is 52.2 Å². The lowest BCUT2D eigenvalue weighted by atomic mass is 10.0. The first kappa shape index (κ1) is 30.8. The third-order valence-corrected chi connectivity index (χ3v) is 9.22. The second-order valence-electron chi connectivity index (χ2n) is 11.3. The van der Waals surface area contributed by atoms with Crippen LogP contribution in [0.1, 0.15) is 38.2 Å². The summed E-state index contributed by atoms with van der Waals surface area (Å²) in [5.41, 5.74) is 8.26. The first-order chi connectivity index (χ1) is 22.6. The second kappa shape index (κ2) is 14.2. The molecule has 0 aliphatic carbocycles. The minimum absolute atomic E-state index is 0.276. The summed E-state index contributed by atoms with van der Waals surface area (Å²) in [4.78, 5) is 18.3. The highest BCUT2D eigenvalue weighted by Crippen LogP contribution is 2.50. The van der Waals surface area contributed by atoms with Crippen LogP contribution in [0.25, 0.3) is 17.2 Å². The van der Waals surface area contributed by atoms with E-state index in [4.69, 9.17) is 0 Å². The normalized spacial score (nSPS) is 12.2. The van der Waals surface area contributed by atoms with Gasteiger partial charge in [-0.1, -0.05) is 98.6 Å². The van der Waals surface area contributed by atoms with Gasteiger partial charge in [0.05, 0.1) is 11.4 Å². The molecule has 0 saturated heterocycles. The Morgan fingerprint density at radius 3 is 1.96 bits per heavy atom. The Hall–Kier alpha value is -5.25. The van der Waals surface area contributed by atoms with Crippen LogP contribution < -0.4 is 9.80 Å². The van der Waals surface area contributed by atoms with Crippen LogP contribution >= 0.6 is 11.8 Å². The monoisotopic (exact) mass is 621 g/mol.